The molecule has 3 heterocycles. The minimum absolute atomic E-state index is 0.151. The second-order valence-corrected chi connectivity index (χ2v) is 6.50. The lowest BCUT2D eigenvalue weighted by molar-refractivity contribution is -0.181. The fourth-order valence-electron chi connectivity index (χ4n) is 3.39. The van der Waals surface area contributed by atoms with Crippen LogP contribution in [0.4, 0.5) is 9.18 Å². The summed E-state index contributed by atoms with van der Waals surface area (Å²) < 4.78 is 30.8. The average Bonchev–Trinajstić information content (AvgIpc) is 3.31. The first-order valence-corrected chi connectivity index (χ1v) is 8.80. The van der Waals surface area contributed by atoms with Gasteiger partial charge in [-0.15, -0.1) is 0 Å². The molecule has 6 nitrogen and oxygen atoms in total. The molecule has 2 fully saturated rings. The fourth-order valence-corrected chi connectivity index (χ4v) is 3.39. The van der Waals surface area contributed by atoms with Gasteiger partial charge in [-0.3, -0.25) is 0 Å². The monoisotopic (exact) mass is 360 g/mol. The van der Waals surface area contributed by atoms with Crippen LogP contribution in [0.5, 0.6) is 0 Å². The van der Waals surface area contributed by atoms with Crippen LogP contribution in [0.2, 0.25) is 0 Å². The summed E-state index contributed by atoms with van der Waals surface area (Å²) in [4.78, 5) is 14.1. The molecule has 2 aliphatic heterocycles. The summed E-state index contributed by atoms with van der Waals surface area (Å²) in [5.74, 6) is 0.193. The maximum Gasteiger partial charge on any atom is 0.317 e. The molecular formula is C19H21FN2O4. The first kappa shape index (κ1) is 17.1. The van der Waals surface area contributed by atoms with Gasteiger partial charge in [0.05, 0.1) is 25.3 Å². The van der Waals surface area contributed by atoms with Crippen LogP contribution in [-0.2, 0) is 16.0 Å². The number of benzene rings is 1. The lowest BCUT2D eigenvalue weighted by Gasteiger charge is -2.37. The molecule has 138 valence electrons. The van der Waals surface area contributed by atoms with Crippen molar-refractivity contribution in [2.24, 2.45) is 0 Å². The van der Waals surface area contributed by atoms with E-state index in [1.165, 1.54) is 6.07 Å². The number of likely N-dealkylation sites (tertiary alicyclic amines) is 1. The molecule has 0 radical (unpaired) electrons. The summed E-state index contributed by atoms with van der Waals surface area (Å²) in [6, 6.07) is 9.73. The minimum atomic E-state index is -0.494. The third-order valence-corrected chi connectivity index (χ3v) is 4.84. The number of furan rings is 1. The van der Waals surface area contributed by atoms with Gasteiger partial charge in [0, 0.05) is 25.9 Å². The third kappa shape index (κ3) is 3.45. The Hall–Kier alpha value is -2.38. The van der Waals surface area contributed by atoms with E-state index in [1.807, 2.05) is 0 Å². The third-order valence-electron chi connectivity index (χ3n) is 4.84. The fraction of sp³-hybridized carbons (Fsp3) is 0.421. The van der Waals surface area contributed by atoms with Gasteiger partial charge in [0.25, 0.3) is 0 Å². The predicted molar refractivity (Wildman–Crippen MR) is 91.8 cm³/mol. The maximum atomic E-state index is 13.8. The Balaban J connectivity index is 1.31. The Bertz CT molecular complexity index is 775. The number of hydrogen-bond donors (Lipinski definition) is 1. The number of ether oxygens (including phenoxy) is 2. The Morgan fingerprint density at radius 2 is 1.85 bits per heavy atom. The average molecular weight is 360 g/mol. The van der Waals surface area contributed by atoms with Gasteiger partial charge in [0.1, 0.15) is 17.3 Å². The normalized spacial score (nSPS) is 19.0. The van der Waals surface area contributed by atoms with Gasteiger partial charge in [0.2, 0.25) is 0 Å². The van der Waals surface area contributed by atoms with Gasteiger partial charge in [-0.25, -0.2) is 9.18 Å². The molecule has 4 rings (SSSR count). The molecule has 1 aromatic heterocycles. The summed E-state index contributed by atoms with van der Waals surface area (Å²) in [5.41, 5.74) is 0.406. The minimum Gasteiger partial charge on any atom is -0.459 e. The van der Waals surface area contributed by atoms with Crippen molar-refractivity contribution in [3.63, 3.8) is 0 Å². The van der Waals surface area contributed by atoms with E-state index in [9.17, 15) is 9.18 Å². The zero-order valence-corrected chi connectivity index (χ0v) is 14.4. The number of urea groups is 1. The van der Waals surface area contributed by atoms with E-state index in [0.29, 0.717) is 56.2 Å². The molecule has 0 bridgehead atoms. The highest BCUT2D eigenvalue weighted by atomic mass is 19.1. The van der Waals surface area contributed by atoms with Crippen molar-refractivity contribution >= 4 is 6.03 Å². The molecule has 1 N–H and O–H groups in total. The second kappa shape index (κ2) is 7.09. The van der Waals surface area contributed by atoms with Crippen LogP contribution >= 0.6 is 0 Å². The van der Waals surface area contributed by atoms with Crippen molar-refractivity contribution < 1.29 is 23.1 Å². The standard InChI is InChI=1S/C19H21FN2O4/c20-16-4-2-1-3-15(16)17-6-5-14(26-17)13-21-18(23)22-9-7-19(8-10-22)24-11-12-25-19/h1-6H,7-13H2,(H,21,23). The number of carbonyl (C=O) groups excluding carboxylic acids is 1. The molecule has 0 saturated carbocycles. The van der Waals surface area contributed by atoms with Crippen LogP contribution < -0.4 is 5.32 Å². The van der Waals surface area contributed by atoms with Crippen molar-refractivity contribution in [1.29, 1.82) is 0 Å². The summed E-state index contributed by atoms with van der Waals surface area (Å²) >= 11 is 0. The van der Waals surface area contributed by atoms with Gasteiger partial charge in [0.15, 0.2) is 5.79 Å². The van der Waals surface area contributed by atoms with Gasteiger partial charge in [-0.1, -0.05) is 12.1 Å². The van der Waals surface area contributed by atoms with Crippen molar-refractivity contribution in [2.45, 2.75) is 25.2 Å². The van der Waals surface area contributed by atoms with Crippen LogP contribution in [0.1, 0.15) is 18.6 Å². The van der Waals surface area contributed by atoms with Crippen LogP contribution in [0, 0.1) is 5.82 Å². The van der Waals surface area contributed by atoms with Crippen molar-refractivity contribution in [3.8, 4) is 11.3 Å². The molecule has 0 aliphatic carbocycles. The molecule has 1 aromatic carbocycles. The lowest BCUT2D eigenvalue weighted by Crippen LogP contribution is -2.50. The molecule has 2 amide bonds. The number of rotatable bonds is 3. The van der Waals surface area contributed by atoms with Crippen molar-refractivity contribution in [3.05, 3.63) is 48.0 Å². The van der Waals surface area contributed by atoms with E-state index < -0.39 is 5.79 Å². The summed E-state index contributed by atoms with van der Waals surface area (Å²) in [6.45, 7) is 2.67. The van der Waals surface area contributed by atoms with Gasteiger partial charge >= 0.3 is 6.03 Å². The largest absolute Gasteiger partial charge is 0.459 e. The highest BCUT2D eigenvalue weighted by Gasteiger charge is 2.40. The Labute approximate surface area is 150 Å². The van der Waals surface area contributed by atoms with E-state index in [-0.39, 0.29) is 18.4 Å². The first-order valence-electron chi connectivity index (χ1n) is 8.80. The molecule has 26 heavy (non-hydrogen) atoms. The number of nitrogens with zero attached hydrogens (tertiary/aromatic N) is 1. The molecule has 2 aromatic rings. The van der Waals surface area contributed by atoms with E-state index in [0.717, 1.165) is 0 Å². The number of piperidine rings is 1. The maximum absolute atomic E-state index is 13.8. The highest BCUT2D eigenvalue weighted by Crippen LogP contribution is 2.31. The Morgan fingerprint density at radius 1 is 1.12 bits per heavy atom. The second-order valence-electron chi connectivity index (χ2n) is 6.50. The predicted octanol–water partition coefficient (Wildman–Crippen LogP) is 3.13. The SMILES string of the molecule is O=C(NCc1ccc(-c2ccccc2F)o1)N1CCC2(CC1)OCCO2. The number of carbonyl (C=O) groups is 1. The summed E-state index contributed by atoms with van der Waals surface area (Å²) in [6.07, 6.45) is 1.36. The van der Waals surface area contributed by atoms with E-state index >= 15 is 0 Å². The topological polar surface area (TPSA) is 63.9 Å². The van der Waals surface area contributed by atoms with Crippen molar-refractivity contribution in [1.82, 2.24) is 10.2 Å². The van der Waals surface area contributed by atoms with Gasteiger partial charge < -0.3 is 24.1 Å². The zero-order chi connectivity index (χ0) is 18.0. The molecule has 2 aliphatic rings. The molecule has 7 heteroatoms. The molecule has 0 unspecified atom stereocenters. The Kier molecular flexibility index (Phi) is 4.65. The van der Waals surface area contributed by atoms with E-state index in [2.05, 4.69) is 5.32 Å². The number of hydrogen-bond acceptors (Lipinski definition) is 4. The lowest BCUT2D eigenvalue weighted by atomic mass is 10.0. The summed E-state index contributed by atoms with van der Waals surface area (Å²) in [7, 11) is 0. The van der Waals surface area contributed by atoms with Crippen LogP contribution in [0.3, 0.4) is 0 Å². The summed E-state index contributed by atoms with van der Waals surface area (Å²) in [5, 5.41) is 2.84. The first-order chi connectivity index (χ1) is 12.7. The molecule has 0 atom stereocenters. The van der Waals surface area contributed by atoms with Crippen molar-refractivity contribution in [2.75, 3.05) is 26.3 Å². The Morgan fingerprint density at radius 3 is 2.58 bits per heavy atom. The van der Waals surface area contributed by atoms with Gasteiger partial charge in [-0.2, -0.15) is 0 Å². The highest BCUT2D eigenvalue weighted by molar-refractivity contribution is 5.74. The number of halogens is 1. The molecule has 1 spiro atoms. The molecule has 2 saturated heterocycles. The number of nitrogens with one attached hydrogen (secondary N) is 1. The zero-order valence-electron chi connectivity index (χ0n) is 14.4. The smallest absolute Gasteiger partial charge is 0.317 e. The van der Waals surface area contributed by atoms with Crippen LogP contribution in [0.15, 0.2) is 40.8 Å². The quantitative estimate of drug-likeness (QED) is 0.913. The van der Waals surface area contributed by atoms with Gasteiger partial charge in [-0.05, 0) is 24.3 Å². The van der Waals surface area contributed by atoms with E-state index in [1.54, 1.807) is 35.2 Å². The van der Waals surface area contributed by atoms with E-state index in [4.69, 9.17) is 13.9 Å². The number of amides is 2. The van der Waals surface area contributed by atoms with Crippen LogP contribution in [0.25, 0.3) is 11.3 Å². The van der Waals surface area contributed by atoms with Crippen LogP contribution in [-0.4, -0.2) is 43.0 Å². The molecular weight excluding hydrogens is 339 g/mol.